The second-order valence-corrected chi connectivity index (χ2v) is 9.75. The van der Waals surface area contributed by atoms with Crippen LogP contribution in [0.25, 0.3) is 11.4 Å². The highest BCUT2D eigenvalue weighted by atomic mass is 16.7. The normalized spacial score (nSPS) is 19.7. The lowest BCUT2D eigenvalue weighted by molar-refractivity contribution is -0.118. The average Bonchev–Trinajstić information content (AvgIpc) is 3.47. The van der Waals surface area contributed by atoms with Crippen molar-refractivity contribution in [1.82, 2.24) is 14.8 Å². The summed E-state index contributed by atoms with van der Waals surface area (Å²) in [5, 5.41) is 8.27. The number of carbonyl (C=O) groups excluding carboxylic acids is 1. The summed E-state index contributed by atoms with van der Waals surface area (Å²) in [7, 11) is 3.19. The van der Waals surface area contributed by atoms with Crippen LogP contribution in [0.5, 0.6) is 23.0 Å². The van der Waals surface area contributed by atoms with Crippen LogP contribution in [-0.2, 0) is 4.79 Å². The number of nitrogens with zero attached hydrogens (tertiary/aromatic N) is 3. The molecule has 9 nitrogen and oxygen atoms in total. The summed E-state index contributed by atoms with van der Waals surface area (Å²) in [5.74, 6) is 3.79. The van der Waals surface area contributed by atoms with Crippen molar-refractivity contribution in [3.8, 4) is 34.4 Å². The van der Waals surface area contributed by atoms with Crippen LogP contribution in [0.1, 0.15) is 38.3 Å². The highest BCUT2D eigenvalue weighted by molar-refractivity contribution is 6.00. The highest BCUT2D eigenvalue weighted by Gasteiger charge is 2.42. The molecule has 3 aromatic rings. The molecule has 0 saturated heterocycles. The van der Waals surface area contributed by atoms with Gasteiger partial charge in [0.25, 0.3) is 0 Å². The molecule has 2 aliphatic heterocycles. The number of ketones is 1. The number of ether oxygens (including phenoxy) is 4. The standard InChI is InChI=1S/C26H26N4O5/c1-26(2)11-16-22(17(31)12-26)23(14-5-8-19-21(9-14)35-13-34-19)30-25(27-16)28-24(29-30)15-6-7-18(32-3)20(10-15)33-4/h5-10,23H,11-13H2,1-4H3,(H,27,28,29)/t23-/m0/s1. The van der Waals surface area contributed by atoms with E-state index in [2.05, 4.69) is 19.2 Å². The Bertz CT molecular complexity index is 1390. The molecule has 0 fully saturated rings. The van der Waals surface area contributed by atoms with Crippen molar-refractivity contribution in [1.29, 1.82) is 0 Å². The van der Waals surface area contributed by atoms with Gasteiger partial charge in [0.05, 0.1) is 14.2 Å². The van der Waals surface area contributed by atoms with E-state index in [1.807, 2.05) is 36.4 Å². The van der Waals surface area contributed by atoms with E-state index >= 15 is 0 Å². The Morgan fingerprint density at radius 2 is 1.83 bits per heavy atom. The molecule has 3 heterocycles. The van der Waals surface area contributed by atoms with Crippen molar-refractivity contribution in [3.05, 3.63) is 53.2 Å². The molecule has 1 N–H and O–H groups in total. The van der Waals surface area contributed by atoms with Gasteiger partial charge in [-0.3, -0.25) is 4.79 Å². The maximum Gasteiger partial charge on any atom is 0.231 e. The molecule has 35 heavy (non-hydrogen) atoms. The SMILES string of the molecule is COc1ccc(-c2nc3n(n2)[C@@H](c2ccc4c(c2)OCO4)C2=C(CC(C)(C)CC2=O)N3)cc1OC. The predicted molar refractivity (Wildman–Crippen MR) is 128 cm³/mol. The summed E-state index contributed by atoms with van der Waals surface area (Å²) < 4.78 is 23.7. The first-order valence-electron chi connectivity index (χ1n) is 11.5. The zero-order valence-corrected chi connectivity index (χ0v) is 20.0. The van der Waals surface area contributed by atoms with Crippen molar-refractivity contribution >= 4 is 11.7 Å². The molecule has 3 aliphatic rings. The van der Waals surface area contributed by atoms with Gasteiger partial charge < -0.3 is 24.3 Å². The number of hydrogen-bond donors (Lipinski definition) is 1. The number of benzene rings is 2. The van der Waals surface area contributed by atoms with Crippen molar-refractivity contribution in [2.24, 2.45) is 5.41 Å². The Morgan fingerprint density at radius 1 is 1.03 bits per heavy atom. The lowest BCUT2D eigenvalue weighted by Crippen LogP contribution is -2.36. The van der Waals surface area contributed by atoms with Crippen LogP contribution >= 0.6 is 0 Å². The van der Waals surface area contributed by atoms with E-state index in [-0.39, 0.29) is 18.0 Å². The van der Waals surface area contributed by atoms with Crippen LogP contribution in [0, 0.1) is 5.41 Å². The molecule has 0 saturated carbocycles. The minimum atomic E-state index is -0.430. The van der Waals surface area contributed by atoms with Crippen LogP contribution in [-0.4, -0.2) is 41.6 Å². The van der Waals surface area contributed by atoms with E-state index in [1.165, 1.54) is 0 Å². The molecular formula is C26H26N4O5. The van der Waals surface area contributed by atoms with Crippen LogP contribution in [0.2, 0.25) is 0 Å². The van der Waals surface area contributed by atoms with Crippen LogP contribution in [0.15, 0.2) is 47.7 Å². The monoisotopic (exact) mass is 474 g/mol. The van der Waals surface area contributed by atoms with E-state index in [4.69, 9.17) is 29.0 Å². The Balaban J connectivity index is 1.50. The minimum absolute atomic E-state index is 0.111. The van der Waals surface area contributed by atoms with Crippen molar-refractivity contribution in [2.75, 3.05) is 26.3 Å². The van der Waals surface area contributed by atoms with Gasteiger partial charge in [-0.1, -0.05) is 19.9 Å². The molecule has 1 aromatic heterocycles. The Hall–Kier alpha value is -4.01. The number of methoxy groups -OCH3 is 2. The molecule has 2 aromatic carbocycles. The maximum absolute atomic E-state index is 13.5. The highest BCUT2D eigenvalue weighted by Crippen LogP contribution is 2.47. The van der Waals surface area contributed by atoms with Crippen LogP contribution in [0.4, 0.5) is 5.95 Å². The molecule has 0 bridgehead atoms. The first-order valence-corrected chi connectivity index (χ1v) is 11.5. The van der Waals surface area contributed by atoms with Gasteiger partial charge in [0.1, 0.15) is 6.04 Å². The third-order valence-electron chi connectivity index (χ3n) is 6.69. The fraction of sp³-hybridized carbons (Fsp3) is 0.346. The molecule has 1 aliphatic carbocycles. The molecule has 0 unspecified atom stereocenters. The Morgan fingerprint density at radius 3 is 2.63 bits per heavy atom. The summed E-state index contributed by atoms with van der Waals surface area (Å²) >= 11 is 0. The predicted octanol–water partition coefficient (Wildman–Crippen LogP) is 4.35. The molecule has 6 rings (SSSR count). The smallest absolute Gasteiger partial charge is 0.231 e. The van der Waals surface area contributed by atoms with E-state index in [1.54, 1.807) is 18.9 Å². The zero-order chi connectivity index (χ0) is 24.3. The summed E-state index contributed by atoms with van der Waals surface area (Å²) in [6.45, 7) is 4.41. The number of hydrogen-bond acceptors (Lipinski definition) is 8. The van der Waals surface area contributed by atoms with Crippen LogP contribution in [0.3, 0.4) is 0 Å². The number of anilines is 1. The second-order valence-electron chi connectivity index (χ2n) is 9.75. The number of nitrogens with one attached hydrogen (secondary N) is 1. The lowest BCUT2D eigenvalue weighted by Gasteiger charge is -2.38. The zero-order valence-electron chi connectivity index (χ0n) is 20.0. The Labute approximate surface area is 202 Å². The topological polar surface area (TPSA) is 96.7 Å². The van der Waals surface area contributed by atoms with Gasteiger partial charge >= 0.3 is 0 Å². The number of aromatic nitrogens is 3. The van der Waals surface area contributed by atoms with Gasteiger partial charge in [0.2, 0.25) is 12.7 Å². The average molecular weight is 475 g/mol. The lowest BCUT2D eigenvalue weighted by atomic mass is 9.73. The third-order valence-corrected chi connectivity index (χ3v) is 6.69. The Kier molecular flexibility index (Phi) is 4.77. The fourth-order valence-corrected chi connectivity index (χ4v) is 5.10. The van der Waals surface area contributed by atoms with E-state index in [9.17, 15) is 4.79 Å². The number of carbonyl (C=O) groups is 1. The fourth-order valence-electron chi connectivity index (χ4n) is 5.10. The summed E-state index contributed by atoms with van der Waals surface area (Å²) in [5.41, 5.74) is 3.14. The third kappa shape index (κ3) is 3.50. The van der Waals surface area contributed by atoms with Gasteiger partial charge in [0, 0.05) is 23.3 Å². The second kappa shape index (κ2) is 7.76. The van der Waals surface area contributed by atoms with Gasteiger partial charge in [0.15, 0.2) is 34.6 Å². The van der Waals surface area contributed by atoms with Gasteiger partial charge in [-0.25, -0.2) is 4.68 Å². The minimum Gasteiger partial charge on any atom is -0.493 e. The number of Topliss-reactive ketones (excluding diaryl/α,β-unsaturated/α-hetero) is 1. The first kappa shape index (κ1) is 21.5. The maximum atomic E-state index is 13.5. The first-order chi connectivity index (χ1) is 16.9. The van der Waals surface area contributed by atoms with Crippen molar-refractivity contribution in [3.63, 3.8) is 0 Å². The van der Waals surface area contributed by atoms with Gasteiger partial charge in [-0.2, -0.15) is 4.98 Å². The van der Waals surface area contributed by atoms with Gasteiger partial charge in [-0.15, -0.1) is 5.10 Å². The molecule has 0 amide bonds. The number of allylic oxidation sites excluding steroid dienone is 2. The molecule has 1 atom stereocenters. The van der Waals surface area contributed by atoms with Gasteiger partial charge in [-0.05, 0) is 47.7 Å². The molecule has 0 radical (unpaired) electrons. The molecule has 180 valence electrons. The van der Waals surface area contributed by atoms with Crippen LogP contribution < -0.4 is 24.3 Å². The van der Waals surface area contributed by atoms with Crippen molar-refractivity contribution in [2.45, 2.75) is 32.7 Å². The summed E-state index contributed by atoms with van der Waals surface area (Å²) in [4.78, 5) is 18.3. The molecule has 0 spiro atoms. The molecular weight excluding hydrogens is 448 g/mol. The molecule has 9 heteroatoms. The number of rotatable bonds is 4. The summed E-state index contributed by atoms with van der Waals surface area (Å²) in [6.07, 6.45) is 1.22. The quantitative estimate of drug-likeness (QED) is 0.596. The van der Waals surface area contributed by atoms with E-state index in [0.29, 0.717) is 41.2 Å². The number of fused-ring (bicyclic) bond motifs is 2. The van der Waals surface area contributed by atoms with E-state index < -0.39 is 6.04 Å². The summed E-state index contributed by atoms with van der Waals surface area (Å²) in [6, 6.07) is 10.9. The largest absolute Gasteiger partial charge is 0.493 e. The van der Waals surface area contributed by atoms with E-state index in [0.717, 1.165) is 28.8 Å². The van der Waals surface area contributed by atoms with Crippen molar-refractivity contribution < 1.29 is 23.7 Å².